The van der Waals surface area contributed by atoms with Crippen LogP contribution in [0.4, 0.5) is 0 Å². The Morgan fingerprint density at radius 3 is 2.96 bits per heavy atom. The molecule has 0 saturated carbocycles. The van der Waals surface area contributed by atoms with E-state index in [0.717, 1.165) is 39.1 Å². The van der Waals surface area contributed by atoms with Crippen LogP contribution in [0.15, 0.2) is 6.20 Å². The van der Waals surface area contributed by atoms with Crippen LogP contribution >= 0.6 is 0 Å². The van der Waals surface area contributed by atoms with E-state index in [-0.39, 0.29) is 5.91 Å². The normalized spacial score (nSPS) is 22.0. The van der Waals surface area contributed by atoms with E-state index in [9.17, 15) is 4.79 Å². The van der Waals surface area contributed by atoms with Gasteiger partial charge in [0.15, 0.2) is 5.69 Å². The molecule has 2 aliphatic rings. The molecule has 1 aromatic rings. The Labute approximate surface area is 144 Å². The zero-order valence-corrected chi connectivity index (χ0v) is 14.8. The number of carbonyl (C=O) groups excluding carboxylic acids is 1. The average molecular weight is 334 g/mol. The van der Waals surface area contributed by atoms with E-state index < -0.39 is 0 Å². The molecule has 0 aliphatic carbocycles. The number of amides is 1. The van der Waals surface area contributed by atoms with Gasteiger partial charge in [-0.2, -0.15) is 0 Å². The first-order chi connectivity index (χ1) is 11.7. The Balaban J connectivity index is 1.43. The highest BCUT2D eigenvalue weighted by Crippen LogP contribution is 2.12. The quantitative estimate of drug-likeness (QED) is 0.800. The van der Waals surface area contributed by atoms with E-state index in [1.165, 1.54) is 38.8 Å². The number of likely N-dealkylation sites (tertiary alicyclic amines) is 1. The third kappa shape index (κ3) is 4.77. The van der Waals surface area contributed by atoms with Crippen LogP contribution in [0.5, 0.6) is 0 Å². The van der Waals surface area contributed by atoms with Crippen molar-refractivity contribution in [2.75, 3.05) is 46.3 Å². The van der Waals surface area contributed by atoms with E-state index in [2.05, 4.69) is 20.5 Å². The predicted molar refractivity (Wildman–Crippen MR) is 92.9 cm³/mol. The minimum Gasteiger partial charge on any atom is -0.340 e. The summed E-state index contributed by atoms with van der Waals surface area (Å²) in [7, 11) is 1.86. The van der Waals surface area contributed by atoms with Gasteiger partial charge in [0.2, 0.25) is 0 Å². The first kappa shape index (κ1) is 17.4. The summed E-state index contributed by atoms with van der Waals surface area (Å²) in [5.41, 5.74) is 0.461. The van der Waals surface area contributed by atoms with Gasteiger partial charge in [-0.05, 0) is 70.7 Å². The van der Waals surface area contributed by atoms with Crippen LogP contribution in [0.2, 0.25) is 0 Å². The van der Waals surface area contributed by atoms with Gasteiger partial charge in [0.1, 0.15) is 0 Å². The molecule has 0 bridgehead atoms. The molecule has 24 heavy (non-hydrogen) atoms. The van der Waals surface area contributed by atoms with Gasteiger partial charge in [-0.1, -0.05) is 5.21 Å². The summed E-state index contributed by atoms with van der Waals surface area (Å²) in [4.78, 5) is 16.7. The third-order valence-corrected chi connectivity index (χ3v) is 5.12. The number of piperidine rings is 1. The fourth-order valence-corrected chi connectivity index (χ4v) is 3.66. The van der Waals surface area contributed by atoms with Crippen molar-refractivity contribution in [3.8, 4) is 0 Å². The Hall–Kier alpha value is -1.47. The van der Waals surface area contributed by atoms with Crippen molar-refractivity contribution in [3.63, 3.8) is 0 Å². The first-order valence-electron chi connectivity index (χ1n) is 9.31. The van der Waals surface area contributed by atoms with Crippen LogP contribution in [-0.2, 0) is 6.54 Å². The molecule has 0 unspecified atom stereocenters. The Bertz CT molecular complexity index is 519. The van der Waals surface area contributed by atoms with Crippen molar-refractivity contribution in [1.82, 2.24) is 30.1 Å². The molecular formula is C17H30N6O. The maximum atomic E-state index is 12.5. The molecule has 3 rings (SSSR count). The fourth-order valence-electron chi connectivity index (χ4n) is 3.66. The van der Waals surface area contributed by atoms with Crippen molar-refractivity contribution in [3.05, 3.63) is 11.9 Å². The smallest absolute Gasteiger partial charge is 0.275 e. The van der Waals surface area contributed by atoms with Gasteiger partial charge >= 0.3 is 0 Å². The highest BCUT2D eigenvalue weighted by molar-refractivity contribution is 5.91. The molecule has 7 heteroatoms. The van der Waals surface area contributed by atoms with E-state index in [0.29, 0.717) is 11.6 Å². The van der Waals surface area contributed by atoms with Crippen LogP contribution in [0.3, 0.4) is 0 Å². The van der Waals surface area contributed by atoms with Gasteiger partial charge in [-0.3, -0.25) is 9.48 Å². The maximum absolute atomic E-state index is 12.5. The van der Waals surface area contributed by atoms with Gasteiger partial charge < -0.3 is 15.1 Å². The minimum atomic E-state index is -0.0237. The monoisotopic (exact) mass is 334 g/mol. The summed E-state index contributed by atoms with van der Waals surface area (Å²) in [5.74, 6) is 0.561. The van der Waals surface area contributed by atoms with Crippen molar-refractivity contribution < 1.29 is 4.79 Å². The second-order valence-electron chi connectivity index (χ2n) is 7.17. The third-order valence-electron chi connectivity index (χ3n) is 5.12. The van der Waals surface area contributed by atoms with Gasteiger partial charge in [-0.15, -0.1) is 5.10 Å². The molecule has 1 N–H and O–H groups in total. The average Bonchev–Trinajstić information content (AvgIpc) is 3.27. The summed E-state index contributed by atoms with van der Waals surface area (Å²) in [6, 6.07) is 0. The number of hydrogen-bond donors (Lipinski definition) is 1. The second kappa shape index (κ2) is 8.58. The number of nitrogens with zero attached hydrogens (tertiary/aromatic N) is 5. The SMILES string of the molecule is CN(CCCN1CCCC1)C(=O)c1cn(C[C@@H]2CCCNC2)nn1. The zero-order valence-electron chi connectivity index (χ0n) is 14.8. The van der Waals surface area contributed by atoms with Crippen LogP contribution in [0.1, 0.15) is 42.6 Å². The highest BCUT2D eigenvalue weighted by atomic mass is 16.2. The molecule has 2 saturated heterocycles. The molecule has 1 atom stereocenters. The topological polar surface area (TPSA) is 66.3 Å². The molecule has 7 nitrogen and oxygen atoms in total. The summed E-state index contributed by atoms with van der Waals surface area (Å²) < 4.78 is 1.82. The number of rotatable bonds is 7. The molecule has 134 valence electrons. The molecule has 1 amide bonds. The van der Waals surface area contributed by atoms with Crippen molar-refractivity contribution in [2.24, 2.45) is 5.92 Å². The molecular weight excluding hydrogens is 304 g/mol. The van der Waals surface area contributed by atoms with Crippen molar-refractivity contribution in [2.45, 2.75) is 38.6 Å². The number of nitrogens with one attached hydrogen (secondary N) is 1. The molecule has 1 aromatic heterocycles. The molecule has 2 fully saturated rings. The Morgan fingerprint density at radius 1 is 1.38 bits per heavy atom. The summed E-state index contributed by atoms with van der Waals surface area (Å²) in [6.45, 7) is 7.25. The Kier molecular flexibility index (Phi) is 6.20. The first-order valence-corrected chi connectivity index (χ1v) is 9.31. The lowest BCUT2D eigenvalue weighted by atomic mass is 10.00. The molecule has 3 heterocycles. The molecule has 0 aromatic carbocycles. The molecule has 0 spiro atoms. The van der Waals surface area contributed by atoms with Crippen molar-refractivity contribution in [1.29, 1.82) is 0 Å². The van der Waals surface area contributed by atoms with Crippen molar-refractivity contribution >= 4 is 5.91 Å². The van der Waals surface area contributed by atoms with E-state index >= 15 is 0 Å². The van der Waals surface area contributed by atoms with Gasteiger partial charge in [0.05, 0.1) is 6.20 Å². The highest BCUT2D eigenvalue weighted by Gasteiger charge is 2.19. The number of carbonyl (C=O) groups is 1. The zero-order chi connectivity index (χ0) is 16.8. The molecule has 0 radical (unpaired) electrons. The maximum Gasteiger partial charge on any atom is 0.275 e. The Morgan fingerprint density at radius 2 is 2.21 bits per heavy atom. The lowest BCUT2D eigenvalue weighted by Crippen LogP contribution is -2.32. The fraction of sp³-hybridized carbons (Fsp3) is 0.824. The standard InChI is InChI=1S/C17H30N6O/c1-21(8-5-11-22-9-2-3-10-22)17(24)16-14-23(20-19-16)13-15-6-4-7-18-12-15/h14-15,18H,2-13H2,1H3/t15-/m1/s1. The second-order valence-corrected chi connectivity index (χ2v) is 7.17. The predicted octanol–water partition coefficient (Wildman–Crippen LogP) is 0.836. The summed E-state index contributed by atoms with van der Waals surface area (Å²) >= 11 is 0. The summed E-state index contributed by atoms with van der Waals surface area (Å²) in [5, 5.41) is 11.6. The van der Waals surface area contributed by atoms with E-state index in [1.807, 2.05) is 11.7 Å². The van der Waals surface area contributed by atoms with Crippen LogP contribution in [0.25, 0.3) is 0 Å². The lowest BCUT2D eigenvalue weighted by Gasteiger charge is -2.22. The van der Waals surface area contributed by atoms with Gasteiger partial charge in [-0.25, -0.2) is 0 Å². The number of hydrogen-bond acceptors (Lipinski definition) is 5. The minimum absolute atomic E-state index is 0.0237. The van der Waals surface area contributed by atoms with Crippen LogP contribution < -0.4 is 5.32 Å². The molecule has 2 aliphatic heterocycles. The lowest BCUT2D eigenvalue weighted by molar-refractivity contribution is 0.0784. The number of aromatic nitrogens is 3. The van der Waals surface area contributed by atoms with E-state index in [4.69, 9.17) is 0 Å². The van der Waals surface area contributed by atoms with Gasteiger partial charge in [0.25, 0.3) is 5.91 Å². The van der Waals surface area contributed by atoms with E-state index in [1.54, 1.807) is 11.1 Å². The van der Waals surface area contributed by atoms with Crippen LogP contribution in [-0.4, -0.2) is 77.0 Å². The summed E-state index contributed by atoms with van der Waals surface area (Å²) in [6.07, 6.45) is 7.87. The van der Waals surface area contributed by atoms with Crippen LogP contribution in [0, 0.1) is 5.92 Å². The largest absolute Gasteiger partial charge is 0.340 e. The van der Waals surface area contributed by atoms with Gasteiger partial charge in [0, 0.05) is 20.1 Å².